The summed E-state index contributed by atoms with van der Waals surface area (Å²) in [5.74, 6) is 1.04. The van der Waals surface area contributed by atoms with Crippen molar-refractivity contribution in [1.29, 1.82) is 0 Å². The minimum Gasteiger partial charge on any atom is -0.298 e. The molecule has 1 aliphatic carbocycles. The normalized spacial score (nSPS) is 25.4. The number of Topliss-reactive ketones (excluding diaryl/α,β-unsaturated/α-hetero) is 1. The Labute approximate surface area is 106 Å². The molecule has 1 aliphatic heterocycles. The number of hydrogen-bond acceptors (Lipinski definition) is 2. The van der Waals surface area contributed by atoms with Gasteiger partial charge in [0.1, 0.15) is 0 Å². The van der Waals surface area contributed by atoms with Gasteiger partial charge in [-0.15, -0.1) is 0 Å². The highest BCUT2D eigenvalue weighted by Gasteiger charge is 2.45. The van der Waals surface area contributed by atoms with Gasteiger partial charge in [-0.25, -0.2) is 0 Å². The summed E-state index contributed by atoms with van der Waals surface area (Å²) in [6, 6.07) is 0. The van der Waals surface area contributed by atoms with Crippen LogP contribution in [0.5, 0.6) is 0 Å². The lowest BCUT2D eigenvalue weighted by atomic mass is 9.84. The Balaban J connectivity index is 2.10. The van der Waals surface area contributed by atoms with Gasteiger partial charge in [0.05, 0.1) is 5.54 Å². The molecule has 0 N–H and O–H groups in total. The van der Waals surface area contributed by atoms with Crippen LogP contribution in [0.25, 0.3) is 0 Å². The summed E-state index contributed by atoms with van der Waals surface area (Å²) in [4.78, 5) is 15.2. The molecule has 0 bridgehead atoms. The largest absolute Gasteiger partial charge is 0.298 e. The molecule has 0 amide bonds. The van der Waals surface area contributed by atoms with Crippen LogP contribution < -0.4 is 0 Å². The maximum Gasteiger partial charge on any atom is 0.153 e. The fraction of sp³-hybridized carbons (Fsp3) is 0.933. The maximum atomic E-state index is 12.6. The Morgan fingerprint density at radius 2 is 1.65 bits per heavy atom. The Hall–Kier alpha value is -0.370. The summed E-state index contributed by atoms with van der Waals surface area (Å²) in [5.41, 5.74) is -0.0509. The Kier molecular flexibility index (Phi) is 4.24. The van der Waals surface area contributed by atoms with Gasteiger partial charge in [0.25, 0.3) is 0 Å². The Bertz CT molecular complexity index is 260. The summed E-state index contributed by atoms with van der Waals surface area (Å²) in [6.45, 7) is 6.64. The van der Waals surface area contributed by atoms with E-state index in [0.717, 1.165) is 32.4 Å². The lowest BCUT2D eigenvalue weighted by molar-refractivity contribution is -0.132. The van der Waals surface area contributed by atoms with Crippen molar-refractivity contribution in [2.24, 2.45) is 5.92 Å². The molecule has 0 spiro atoms. The van der Waals surface area contributed by atoms with E-state index >= 15 is 0 Å². The number of ketones is 1. The molecule has 0 radical (unpaired) electrons. The molecule has 0 aromatic rings. The molecule has 2 fully saturated rings. The van der Waals surface area contributed by atoms with Crippen molar-refractivity contribution in [3.05, 3.63) is 0 Å². The van der Waals surface area contributed by atoms with Crippen LogP contribution in [0.15, 0.2) is 0 Å². The van der Waals surface area contributed by atoms with Gasteiger partial charge < -0.3 is 0 Å². The maximum absolute atomic E-state index is 12.6. The van der Waals surface area contributed by atoms with E-state index in [1.54, 1.807) is 0 Å². The molecule has 98 valence electrons. The summed E-state index contributed by atoms with van der Waals surface area (Å²) in [5, 5.41) is 0. The van der Waals surface area contributed by atoms with E-state index in [9.17, 15) is 4.79 Å². The third-order valence-corrected chi connectivity index (χ3v) is 4.50. The van der Waals surface area contributed by atoms with Crippen LogP contribution in [0.3, 0.4) is 0 Å². The molecule has 1 saturated heterocycles. The zero-order valence-electron chi connectivity index (χ0n) is 11.5. The topological polar surface area (TPSA) is 20.3 Å². The number of carbonyl (C=O) groups excluding carboxylic acids is 1. The van der Waals surface area contributed by atoms with Crippen LogP contribution in [0.1, 0.15) is 65.2 Å². The van der Waals surface area contributed by atoms with Gasteiger partial charge >= 0.3 is 0 Å². The van der Waals surface area contributed by atoms with Gasteiger partial charge in [0.2, 0.25) is 0 Å². The summed E-state index contributed by atoms with van der Waals surface area (Å²) in [7, 11) is 0. The number of rotatable bonds is 4. The molecule has 2 rings (SSSR count). The van der Waals surface area contributed by atoms with Crippen molar-refractivity contribution < 1.29 is 4.79 Å². The number of carbonyl (C=O) groups is 1. The van der Waals surface area contributed by atoms with E-state index in [4.69, 9.17) is 0 Å². The third kappa shape index (κ3) is 2.73. The minimum absolute atomic E-state index is 0.0509. The first kappa shape index (κ1) is 13.1. The smallest absolute Gasteiger partial charge is 0.153 e. The van der Waals surface area contributed by atoms with Crippen LogP contribution in [-0.2, 0) is 4.79 Å². The first-order chi connectivity index (χ1) is 8.15. The molecule has 0 aromatic carbocycles. The van der Waals surface area contributed by atoms with Gasteiger partial charge in [0.15, 0.2) is 5.78 Å². The van der Waals surface area contributed by atoms with Crippen molar-refractivity contribution in [2.75, 3.05) is 13.1 Å². The SMILES string of the molecule is CC(C)CC(=O)C1(N2CCCCC2)CCCC1. The highest BCUT2D eigenvalue weighted by molar-refractivity contribution is 5.89. The molecule has 1 saturated carbocycles. The molecule has 2 heteroatoms. The molecular weight excluding hydrogens is 210 g/mol. The number of likely N-dealkylation sites (tertiary alicyclic amines) is 1. The average molecular weight is 237 g/mol. The standard InChI is InChI=1S/C15H27NO/c1-13(2)12-14(17)15(8-4-5-9-15)16-10-6-3-7-11-16/h13H,3-12H2,1-2H3. The van der Waals surface area contributed by atoms with E-state index < -0.39 is 0 Å². The van der Waals surface area contributed by atoms with Gasteiger partial charge in [-0.3, -0.25) is 9.69 Å². The highest BCUT2D eigenvalue weighted by atomic mass is 16.1. The monoisotopic (exact) mass is 237 g/mol. The first-order valence-corrected chi connectivity index (χ1v) is 7.43. The van der Waals surface area contributed by atoms with E-state index in [0.29, 0.717) is 11.7 Å². The van der Waals surface area contributed by atoms with Gasteiger partial charge in [0, 0.05) is 6.42 Å². The van der Waals surface area contributed by atoms with Crippen LogP contribution in [0.4, 0.5) is 0 Å². The number of nitrogens with zero attached hydrogens (tertiary/aromatic N) is 1. The van der Waals surface area contributed by atoms with Gasteiger partial charge in [-0.2, -0.15) is 0 Å². The molecule has 2 aliphatic rings. The molecule has 2 nitrogen and oxygen atoms in total. The van der Waals surface area contributed by atoms with E-state index in [2.05, 4.69) is 18.7 Å². The fourth-order valence-corrected chi connectivity index (χ4v) is 3.61. The molecule has 1 heterocycles. The lowest BCUT2D eigenvalue weighted by Gasteiger charge is -2.42. The second-order valence-electron chi connectivity index (χ2n) is 6.31. The van der Waals surface area contributed by atoms with E-state index in [1.807, 2.05) is 0 Å². The molecule has 0 unspecified atom stereocenters. The molecule has 0 aromatic heterocycles. The predicted molar refractivity (Wildman–Crippen MR) is 71.1 cm³/mol. The van der Waals surface area contributed by atoms with E-state index in [-0.39, 0.29) is 5.54 Å². The van der Waals surface area contributed by atoms with Crippen molar-refractivity contribution in [2.45, 2.75) is 70.8 Å². The lowest BCUT2D eigenvalue weighted by Crippen LogP contribution is -2.54. The van der Waals surface area contributed by atoms with Crippen molar-refractivity contribution in [3.63, 3.8) is 0 Å². The summed E-state index contributed by atoms with van der Waals surface area (Å²) in [6.07, 6.45) is 9.45. The van der Waals surface area contributed by atoms with Gasteiger partial charge in [-0.05, 0) is 44.7 Å². The van der Waals surface area contributed by atoms with Crippen molar-refractivity contribution >= 4 is 5.78 Å². The summed E-state index contributed by atoms with van der Waals surface area (Å²) >= 11 is 0. The average Bonchev–Trinajstić information content (AvgIpc) is 2.79. The Morgan fingerprint density at radius 3 is 2.18 bits per heavy atom. The fourth-order valence-electron chi connectivity index (χ4n) is 3.61. The zero-order valence-corrected chi connectivity index (χ0v) is 11.5. The summed E-state index contributed by atoms with van der Waals surface area (Å²) < 4.78 is 0. The molecule has 0 atom stereocenters. The van der Waals surface area contributed by atoms with Crippen molar-refractivity contribution in [3.8, 4) is 0 Å². The van der Waals surface area contributed by atoms with Gasteiger partial charge in [-0.1, -0.05) is 33.1 Å². The quantitative estimate of drug-likeness (QED) is 0.747. The number of hydrogen-bond donors (Lipinski definition) is 0. The van der Waals surface area contributed by atoms with Crippen LogP contribution in [-0.4, -0.2) is 29.3 Å². The second-order valence-corrected chi connectivity index (χ2v) is 6.31. The van der Waals surface area contributed by atoms with Crippen LogP contribution in [0, 0.1) is 5.92 Å². The Morgan fingerprint density at radius 1 is 1.06 bits per heavy atom. The number of piperidine rings is 1. The minimum atomic E-state index is -0.0509. The third-order valence-electron chi connectivity index (χ3n) is 4.50. The van der Waals surface area contributed by atoms with Crippen LogP contribution >= 0.6 is 0 Å². The first-order valence-electron chi connectivity index (χ1n) is 7.43. The predicted octanol–water partition coefficient (Wildman–Crippen LogP) is 3.40. The zero-order chi connectivity index (χ0) is 12.3. The molecular formula is C15H27NO. The molecule has 17 heavy (non-hydrogen) atoms. The van der Waals surface area contributed by atoms with Crippen LogP contribution in [0.2, 0.25) is 0 Å². The van der Waals surface area contributed by atoms with Crippen molar-refractivity contribution in [1.82, 2.24) is 4.90 Å². The van der Waals surface area contributed by atoms with E-state index in [1.165, 1.54) is 32.1 Å². The highest BCUT2D eigenvalue weighted by Crippen LogP contribution is 2.39. The second kappa shape index (κ2) is 5.51.